The lowest BCUT2D eigenvalue weighted by molar-refractivity contribution is 0.0763. The van der Waals surface area contributed by atoms with Crippen LogP contribution in [-0.2, 0) is 0 Å². The maximum atomic E-state index is 12.9. The molecule has 0 radical (unpaired) electrons. The zero-order valence-corrected chi connectivity index (χ0v) is 14.4. The smallest absolute Gasteiger partial charge is 0.254 e. The average molecular weight is 327 g/mol. The maximum absolute atomic E-state index is 12.9. The number of β-amino-alcohol motifs (C(OH)–C–C–N with tert-alkyl or cyclic N) is 1. The van der Waals surface area contributed by atoms with Gasteiger partial charge in [-0.1, -0.05) is 0 Å². The van der Waals surface area contributed by atoms with E-state index in [2.05, 4.69) is 16.8 Å². The molecule has 0 aliphatic carbocycles. The summed E-state index contributed by atoms with van der Waals surface area (Å²) < 4.78 is 0. The molecule has 3 heterocycles. The van der Waals surface area contributed by atoms with Gasteiger partial charge in [0.15, 0.2) is 0 Å². The van der Waals surface area contributed by atoms with Gasteiger partial charge in [-0.05, 0) is 63.5 Å². The number of H-pyrrole nitrogens is 1. The van der Waals surface area contributed by atoms with Crippen LogP contribution in [0.4, 0.5) is 0 Å². The predicted molar refractivity (Wildman–Crippen MR) is 94.3 cm³/mol. The Kier molecular flexibility index (Phi) is 3.85. The molecule has 128 valence electrons. The molecule has 1 amide bonds. The number of nitrogens with one attached hydrogen (secondary N) is 1. The molecule has 24 heavy (non-hydrogen) atoms. The summed E-state index contributed by atoms with van der Waals surface area (Å²) >= 11 is 0. The number of fused-ring (bicyclic) bond motifs is 1. The van der Waals surface area contributed by atoms with Crippen LogP contribution >= 0.6 is 0 Å². The minimum Gasteiger partial charge on any atom is -0.390 e. The van der Waals surface area contributed by atoms with E-state index in [1.807, 2.05) is 30.0 Å². The Hall–Kier alpha value is -1.85. The number of amides is 1. The Labute approximate surface area is 142 Å². The number of likely N-dealkylation sites (tertiary alicyclic amines) is 2. The van der Waals surface area contributed by atoms with Crippen molar-refractivity contribution in [3.8, 4) is 0 Å². The fourth-order valence-corrected chi connectivity index (χ4v) is 4.14. The lowest BCUT2D eigenvalue weighted by Gasteiger charge is -2.25. The van der Waals surface area contributed by atoms with Crippen molar-refractivity contribution in [1.82, 2.24) is 14.8 Å². The van der Waals surface area contributed by atoms with E-state index in [1.54, 1.807) is 0 Å². The van der Waals surface area contributed by atoms with Gasteiger partial charge in [0.2, 0.25) is 0 Å². The molecule has 1 aromatic heterocycles. The first-order chi connectivity index (χ1) is 11.5. The van der Waals surface area contributed by atoms with Crippen LogP contribution < -0.4 is 0 Å². The van der Waals surface area contributed by atoms with Gasteiger partial charge in [-0.3, -0.25) is 9.69 Å². The number of hydrogen-bond acceptors (Lipinski definition) is 3. The molecular weight excluding hydrogens is 302 g/mol. The van der Waals surface area contributed by atoms with Crippen molar-refractivity contribution in [2.75, 3.05) is 26.2 Å². The van der Waals surface area contributed by atoms with Crippen LogP contribution in [0.25, 0.3) is 10.9 Å². The molecule has 2 aliphatic heterocycles. The van der Waals surface area contributed by atoms with E-state index in [0.717, 1.165) is 29.7 Å². The van der Waals surface area contributed by atoms with Gasteiger partial charge in [0.25, 0.3) is 5.91 Å². The fraction of sp³-hybridized carbons (Fsp3) is 0.526. The number of benzene rings is 1. The van der Waals surface area contributed by atoms with E-state index in [-0.39, 0.29) is 11.9 Å². The van der Waals surface area contributed by atoms with Gasteiger partial charge in [-0.2, -0.15) is 0 Å². The Morgan fingerprint density at radius 3 is 2.71 bits per heavy atom. The molecule has 0 bridgehead atoms. The molecule has 2 aromatic rings. The van der Waals surface area contributed by atoms with Gasteiger partial charge in [-0.25, -0.2) is 0 Å². The zero-order chi connectivity index (χ0) is 16.8. The SMILES string of the molecule is Cc1[nH]c2ccc(C(=O)N3C[C@@H](O)[C@H](N4CCCC4)C3)cc2c1C. The molecule has 5 nitrogen and oxygen atoms in total. The number of aromatic nitrogens is 1. The van der Waals surface area contributed by atoms with Crippen molar-refractivity contribution in [3.63, 3.8) is 0 Å². The Morgan fingerprint density at radius 1 is 1.21 bits per heavy atom. The van der Waals surface area contributed by atoms with Gasteiger partial charge in [0, 0.05) is 35.2 Å². The molecule has 1 aromatic carbocycles. The summed E-state index contributed by atoms with van der Waals surface area (Å²) in [5.74, 6) is 0.0240. The lowest BCUT2D eigenvalue weighted by Crippen LogP contribution is -2.41. The van der Waals surface area contributed by atoms with Crippen molar-refractivity contribution in [2.24, 2.45) is 0 Å². The van der Waals surface area contributed by atoms with Crippen LogP contribution in [0.3, 0.4) is 0 Å². The minimum atomic E-state index is -0.438. The molecule has 0 unspecified atom stereocenters. The highest BCUT2D eigenvalue weighted by Crippen LogP contribution is 2.25. The molecular formula is C19H25N3O2. The minimum absolute atomic E-state index is 0.0240. The molecule has 2 saturated heterocycles. The molecule has 2 aliphatic rings. The first kappa shape index (κ1) is 15.7. The van der Waals surface area contributed by atoms with E-state index < -0.39 is 6.10 Å². The van der Waals surface area contributed by atoms with Crippen LogP contribution in [-0.4, -0.2) is 64.1 Å². The summed E-state index contributed by atoms with van der Waals surface area (Å²) in [6.45, 7) is 7.27. The third kappa shape index (κ3) is 2.52. The number of aliphatic hydroxyl groups is 1. The monoisotopic (exact) mass is 327 g/mol. The number of aromatic amines is 1. The van der Waals surface area contributed by atoms with Gasteiger partial charge in [-0.15, -0.1) is 0 Å². The molecule has 5 heteroatoms. The standard InChI is InChI=1S/C19H25N3O2/c1-12-13(2)20-16-6-5-14(9-15(12)16)19(24)22-10-17(18(23)11-22)21-7-3-4-8-21/h5-6,9,17-18,20,23H,3-4,7-8,10-11H2,1-2H3/t17-,18-/m1/s1. The van der Waals surface area contributed by atoms with Crippen LogP contribution in [0, 0.1) is 13.8 Å². The normalized spacial score (nSPS) is 25.0. The highest BCUT2D eigenvalue weighted by Gasteiger charge is 2.38. The summed E-state index contributed by atoms with van der Waals surface area (Å²) in [4.78, 5) is 20.4. The topological polar surface area (TPSA) is 59.6 Å². The van der Waals surface area contributed by atoms with Crippen molar-refractivity contribution in [1.29, 1.82) is 0 Å². The van der Waals surface area contributed by atoms with Gasteiger partial charge in [0.05, 0.1) is 12.1 Å². The third-order valence-electron chi connectivity index (χ3n) is 5.71. The Morgan fingerprint density at radius 2 is 1.96 bits per heavy atom. The molecule has 2 N–H and O–H groups in total. The lowest BCUT2D eigenvalue weighted by atomic mass is 10.1. The molecule has 2 fully saturated rings. The highest BCUT2D eigenvalue weighted by atomic mass is 16.3. The van der Waals surface area contributed by atoms with Crippen LogP contribution in [0.15, 0.2) is 18.2 Å². The number of aliphatic hydroxyl groups excluding tert-OH is 1. The van der Waals surface area contributed by atoms with Crippen molar-refractivity contribution in [3.05, 3.63) is 35.0 Å². The number of aryl methyl sites for hydroxylation is 2. The largest absolute Gasteiger partial charge is 0.390 e. The first-order valence-corrected chi connectivity index (χ1v) is 8.85. The van der Waals surface area contributed by atoms with Crippen LogP contribution in [0.1, 0.15) is 34.5 Å². The Bertz CT molecular complexity index is 776. The summed E-state index contributed by atoms with van der Waals surface area (Å²) in [6, 6.07) is 5.94. The zero-order valence-electron chi connectivity index (χ0n) is 14.4. The second-order valence-corrected chi connectivity index (χ2v) is 7.22. The quantitative estimate of drug-likeness (QED) is 0.888. The maximum Gasteiger partial charge on any atom is 0.254 e. The molecule has 4 rings (SSSR count). The fourth-order valence-electron chi connectivity index (χ4n) is 4.14. The number of hydrogen-bond donors (Lipinski definition) is 2. The van der Waals surface area contributed by atoms with Crippen molar-refractivity contribution in [2.45, 2.75) is 38.8 Å². The van der Waals surface area contributed by atoms with E-state index in [4.69, 9.17) is 0 Å². The van der Waals surface area contributed by atoms with Crippen LogP contribution in [0.2, 0.25) is 0 Å². The van der Waals surface area contributed by atoms with Gasteiger partial charge >= 0.3 is 0 Å². The van der Waals surface area contributed by atoms with E-state index in [1.165, 1.54) is 18.4 Å². The van der Waals surface area contributed by atoms with E-state index in [9.17, 15) is 9.90 Å². The summed E-state index contributed by atoms with van der Waals surface area (Å²) in [7, 11) is 0. The number of rotatable bonds is 2. The van der Waals surface area contributed by atoms with Gasteiger partial charge in [0.1, 0.15) is 0 Å². The van der Waals surface area contributed by atoms with Crippen LogP contribution in [0.5, 0.6) is 0 Å². The van der Waals surface area contributed by atoms with Crippen molar-refractivity contribution < 1.29 is 9.90 Å². The summed E-state index contributed by atoms with van der Waals surface area (Å²) in [5, 5.41) is 11.5. The van der Waals surface area contributed by atoms with Gasteiger partial charge < -0.3 is 15.0 Å². The highest BCUT2D eigenvalue weighted by molar-refractivity contribution is 5.99. The Balaban J connectivity index is 1.56. The summed E-state index contributed by atoms with van der Waals surface area (Å²) in [6.07, 6.45) is 1.95. The third-order valence-corrected chi connectivity index (χ3v) is 5.71. The number of carbonyl (C=O) groups is 1. The second kappa shape index (κ2) is 5.90. The molecule has 0 saturated carbocycles. The van der Waals surface area contributed by atoms with Crippen molar-refractivity contribution >= 4 is 16.8 Å². The van der Waals surface area contributed by atoms with E-state index >= 15 is 0 Å². The van der Waals surface area contributed by atoms with E-state index in [0.29, 0.717) is 18.7 Å². The number of carbonyl (C=O) groups excluding carboxylic acids is 1. The first-order valence-electron chi connectivity index (χ1n) is 8.85. The summed E-state index contributed by atoms with van der Waals surface area (Å²) in [5.41, 5.74) is 4.10. The number of nitrogens with zero attached hydrogens (tertiary/aromatic N) is 2. The molecule has 0 spiro atoms. The molecule has 2 atom stereocenters. The second-order valence-electron chi connectivity index (χ2n) is 7.22. The predicted octanol–water partition coefficient (Wildman–Crippen LogP) is 2.07. The average Bonchev–Trinajstić information content (AvgIpc) is 3.28.